The number of nitriles is 1. The van der Waals surface area contributed by atoms with E-state index in [2.05, 4.69) is 21.6 Å². The van der Waals surface area contributed by atoms with Crippen molar-refractivity contribution in [3.63, 3.8) is 0 Å². The van der Waals surface area contributed by atoms with Gasteiger partial charge in [0.05, 0.1) is 20.0 Å². The van der Waals surface area contributed by atoms with Gasteiger partial charge in [0.2, 0.25) is 11.0 Å². The Balaban J connectivity index is 1.54. The lowest BCUT2D eigenvalue weighted by atomic mass is 9.98. The lowest BCUT2D eigenvalue weighted by Crippen LogP contribution is -2.21. The number of nitrogens with zero attached hydrogens (tertiary/aromatic N) is 3. The number of ether oxygens (including phenoxy) is 3. The molecular weight excluding hydrogens is 530 g/mol. The number of rotatable bonds is 10. The second-order valence-corrected chi connectivity index (χ2v) is 9.71. The van der Waals surface area contributed by atoms with Crippen molar-refractivity contribution >= 4 is 46.0 Å². The number of hydrogen-bond acceptors (Lipinski definition) is 12. The van der Waals surface area contributed by atoms with Crippen molar-refractivity contribution in [1.82, 2.24) is 10.2 Å². The molecular formula is C25H21N5O6S2. The van der Waals surface area contributed by atoms with Gasteiger partial charge in [-0.05, 0) is 42.0 Å². The number of carbonyl (C=O) groups excluding carboxylic acids is 2. The van der Waals surface area contributed by atoms with Crippen LogP contribution in [-0.4, -0.2) is 48.7 Å². The Kier molecular flexibility index (Phi) is 8.47. The first kappa shape index (κ1) is 26.5. The molecule has 13 heteroatoms. The summed E-state index contributed by atoms with van der Waals surface area (Å²) in [5, 5.41) is 20.3. The number of anilines is 2. The minimum atomic E-state index is -0.670. The molecule has 3 N–H and O–H groups in total. The molecule has 0 radical (unpaired) electrons. The number of hydrogen-bond donors (Lipinski definition) is 2. The first-order chi connectivity index (χ1) is 18.4. The van der Waals surface area contributed by atoms with E-state index in [9.17, 15) is 14.9 Å². The molecule has 2 aromatic heterocycles. The molecule has 11 nitrogen and oxygen atoms in total. The molecule has 0 unspecified atom stereocenters. The molecule has 0 saturated heterocycles. The zero-order valence-electron chi connectivity index (χ0n) is 20.2. The van der Waals surface area contributed by atoms with Crippen LogP contribution in [0.3, 0.4) is 0 Å². The molecule has 0 aliphatic heterocycles. The number of methoxy groups -OCH3 is 2. The Morgan fingerprint density at radius 3 is 2.24 bits per heavy atom. The predicted molar refractivity (Wildman–Crippen MR) is 142 cm³/mol. The van der Waals surface area contributed by atoms with Crippen molar-refractivity contribution in [2.24, 2.45) is 0 Å². The molecule has 0 aliphatic rings. The van der Waals surface area contributed by atoms with Gasteiger partial charge in [0.1, 0.15) is 28.9 Å². The van der Waals surface area contributed by atoms with Crippen molar-refractivity contribution in [1.29, 1.82) is 5.26 Å². The highest BCUT2D eigenvalue weighted by Gasteiger charge is 2.25. The molecule has 0 atom stereocenters. The maximum Gasteiger partial charge on any atom is 0.316 e. The van der Waals surface area contributed by atoms with Crippen LogP contribution in [0, 0.1) is 11.3 Å². The van der Waals surface area contributed by atoms with Gasteiger partial charge in [-0.2, -0.15) is 5.26 Å². The predicted octanol–water partition coefficient (Wildman–Crippen LogP) is 4.21. The van der Waals surface area contributed by atoms with E-state index in [1.807, 2.05) is 0 Å². The summed E-state index contributed by atoms with van der Waals surface area (Å²) in [6.07, 6.45) is 0. The van der Waals surface area contributed by atoms with Gasteiger partial charge in [0.25, 0.3) is 5.91 Å². The SMILES string of the molecule is COc1ccc(-c2oc(NC(=O)COC(=O)CSc3nnc(N)s3)c(C#N)c2-c2ccc(OC)cc2)cc1. The van der Waals surface area contributed by atoms with Crippen LogP contribution in [0.5, 0.6) is 11.5 Å². The fraction of sp³-hybridized carbons (Fsp3) is 0.160. The Hall–Kier alpha value is -4.54. The number of nitrogens with two attached hydrogens (primary N) is 1. The summed E-state index contributed by atoms with van der Waals surface area (Å²) in [5.74, 6) is 0.223. The average Bonchev–Trinajstić information content (AvgIpc) is 3.53. The second kappa shape index (κ2) is 12.1. The van der Waals surface area contributed by atoms with Crippen LogP contribution in [-0.2, 0) is 14.3 Å². The van der Waals surface area contributed by atoms with Crippen LogP contribution < -0.4 is 20.5 Å². The molecule has 0 saturated carbocycles. The van der Waals surface area contributed by atoms with Crippen LogP contribution in [0.15, 0.2) is 57.3 Å². The summed E-state index contributed by atoms with van der Waals surface area (Å²) in [6, 6.07) is 16.3. The van der Waals surface area contributed by atoms with Crippen molar-refractivity contribution in [2.75, 3.05) is 37.6 Å². The zero-order chi connectivity index (χ0) is 27.1. The van der Waals surface area contributed by atoms with Crippen molar-refractivity contribution in [3.8, 4) is 40.0 Å². The third kappa shape index (κ3) is 6.23. The largest absolute Gasteiger partial charge is 0.497 e. The summed E-state index contributed by atoms with van der Waals surface area (Å²) >= 11 is 2.23. The Morgan fingerprint density at radius 1 is 1.05 bits per heavy atom. The number of aromatic nitrogens is 2. The molecule has 194 valence electrons. The van der Waals surface area contributed by atoms with Gasteiger partial charge in [0, 0.05) is 11.1 Å². The van der Waals surface area contributed by atoms with E-state index < -0.39 is 18.5 Å². The molecule has 0 bridgehead atoms. The van der Waals surface area contributed by atoms with E-state index in [0.717, 1.165) is 23.1 Å². The first-order valence-electron chi connectivity index (χ1n) is 10.9. The normalized spacial score (nSPS) is 10.4. The minimum absolute atomic E-state index is 0.0658. The highest BCUT2D eigenvalue weighted by Crippen LogP contribution is 2.42. The first-order valence-corrected chi connectivity index (χ1v) is 12.7. The van der Waals surface area contributed by atoms with E-state index in [4.69, 9.17) is 24.4 Å². The summed E-state index contributed by atoms with van der Waals surface area (Å²) in [6.45, 7) is -0.570. The molecule has 2 aromatic carbocycles. The monoisotopic (exact) mass is 551 g/mol. The number of amides is 1. The number of carbonyl (C=O) groups is 2. The summed E-state index contributed by atoms with van der Waals surface area (Å²) < 4.78 is 22.0. The van der Waals surface area contributed by atoms with Crippen LogP contribution in [0.25, 0.3) is 22.5 Å². The molecule has 2 heterocycles. The van der Waals surface area contributed by atoms with Crippen molar-refractivity contribution in [2.45, 2.75) is 4.34 Å². The summed E-state index contributed by atoms with van der Waals surface area (Å²) in [7, 11) is 3.12. The van der Waals surface area contributed by atoms with Gasteiger partial charge in [-0.25, -0.2) is 0 Å². The molecule has 4 aromatic rings. The van der Waals surface area contributed by atoms with Gasteiger partial charge in [0.15, 0.2) is 10.9 Å². The average molecular weight is 552 g/mol. The van der Waals surface area contributed by atoms with Gasteiger partial charge in [-0.3, -0.25) is 14.9 Å². The second-order valence-electron chi connectivity index (χ2n) is 7.48. The van der Waals surface area contributed by atoms with Crippen molar-refractivity contribution < 1.29 is 28.2 Å². The lowest BCUT2D eigenvalue weighted by molar-refractivity contribution is -0.144. The fourth-order valence-corrected chi connectivity index (χ4v) is 4.79. The standard InChI is InChI=1S/C25H21N5O6S2/c1-33-16-7-3-14(4-8-16)21-18(11-26)23(36-22(21)15-5-9-17(34-2)10-6-15)28-19(31)12-35-20(32)13-37-25-30-29-24(27)38-25/h3-10H,12-13H2,1-2H3,(H2,27,29)(H,28,31). The summed E-state index contributed by atoms with van der Waals surface area (Å²) in [5.41, 5.74) is 7.45. The topological polar surface area (TPSA) is 163 Å². The van der Waals surface area contributed by atoms with Crippen LogP contribution >= 0.6 is 23.1 Å². The molecule has 4 rings (SSSR count). The quantitative estimate of drug-likeness (QED) is 0.214. The molecule has 38 heavy (non-hydrogen) atoms. The van der Waals surface area contributed by atoms with Crippen LogP contribution in [0.4, 0.5) is 11.0 Å². The molecule has 0 aliphatic carbocycles. The van der Waals surface area contributed by atoms with Crippen molar-refractivity contribution in [3.05, 3.63) is 54.1 Å². The van der Waals surface area contributed by atoms with Gasteiger partial charge in [-0.1, -0.05) is 35.2 Å². The number of furan rings is 1. The van der Waals surface area contributed by atoms with Crippen LogP contribution in [0.2, 0.25) is 0 Å². The van der Waals surface area contributed by atoms with E-state index in [1.165, 1.54) is 0 Å². The van der Waals surface area contributed by atoms with E-state index in [-0.39, 0.29) is 22.3 Å². The third-order valence-electron chi connectivity index (χ3n) is 5.10. The minimum Gasteiger partial charge on any atom is -0.497 e. The van der Waals surface area contributed by atoms with E-state index in [1.54, 1.807) is 62.8 Å². The third-order valence-corrected chi connectivity index (χ3v) is 6.96. The Labute approximate surface area is 225 Å². The Bertz CT molecular complexity index is 1480. The lowest BCUT2D eigenvalue weighted by Gasteiger charge is -2.06. The fourth-order valence-electron chi connectivity index (χ4n) is 3.35. The Morgan fingerprint density at radius 2 is 1.68 bits per heavy atom. The molecule has 1 amide bonds. The molecule has 0 spiro atoms. The highest BCUT2D eigenvalue weighted by molar-refractivity contribution is 8.01. The number of nitrogens with one attached hydrogen (secondary N) is 1. The maximum atomic E-state index is 12.6. The van der Waals surface area contributed by atoms with Gasteiger partial charge >= 0.3 is 5.97 Å². The van der Waals surface area contributed by atoms with Crippen LogP contribution in [0.1, 0.15) is 5.56 Å². The number of benzene rings is 2. The maximum absolute atomic E-state index is 12.6. The van der Waals surface area contributed by atoms with Gasteiger partial charge in [-0.15, -0.1) is 10.2 Å². The number of nitrogen functional groups attached to an aromatic ring is 1. The van der Waals surface area contributed by atoms with Gasteiger partial charge < -0.3 is 24.4 Å². The number of esters is 1. The number of thioether (sulfide) groups is 1. The molecule has 0 fully saturated rings. The summed E-state index contributed by atoms with van der Waals surface area (Å²) in [4.78, 5) is 24.6. The highest BCUT2D eigenvalue weighted by atomic mass is 32.2. The van der Waals surface area contributed by atoms with E-state index >= 15 is 0 Å². The smallest absolute Gasteiger partial charge is 0.316 e. The zero-order valence-corrected chi connectivity index (χ0v) is 21.9. The van der Waals surface area contributed by atoms with E-state index in [0.29, 0.717) is 38.3 Å².